The van der Waals surface area contributed by atoms with Crippen molar-refractivity contribution in [3.8, 4) is 0 Å². The number of nitrogens with zero attached hydrogens (tertiary/aromatic N) is 3. The molecule has 0 atom stereocenters. The normalized spacial score (nSPS) is 10.8. The molecule has 0 bridgehead atoms. The highest BCUT2D eigenvalue weighted by molar-refractivity contribution is 6.06. The highest BCUT2D eigenvalue weighted by atomic mass is 16.1. The fraction of sp³-hybridized carbons (Fsp3) is 0.133. The van der Waals surface area contributed by atoms with Crippen molar-refractivity contribution in [2.45, 2.75) is 6.42 Å². The summed E-state index contributed by atoms with van der Waals surface area (Å²) in [5, 5.41) is 5.23. The van der Waals surface area contributed by atoms with Gasteiger partial charge >= 0.3 is 0 Å². The Hall–Kier alpha value is -2.49. The molecule has 3 rings (SSSR count). The minimum Gasteiger partial charge on any atom is -0.292 e. The molecule has 4 nitrogen and oxygen atoms in total. The number of carbonyl (C=O) groups is 1. The Balaban J connectivity index is 1.98. The van der Waals surface area contributed by atoms with E-state index in [4.69, 9.17) is 0 Å². The van der Waals surface area contributed by atoms with Crippen molar-refractivity contribution in [3.63, 3.8) is 0 Å². The van der Waals surface area contributed by atoms with Gasteiger partial charge in [0.25, 0.3) is 0 Å². The molecule has 2 heterocycles. The van der Waals surface area contributed by atoms with Crippen LogP contribution < -0.4 is 0 Å². The van der Waals surface area contributed by atoms with Gasteiger partial charge < -0.3 is 0 Å². The summed E-state index contributed by atoms with van der Waals surface area (Å²) in [6, 6.07) is 11.5. The van der Waals surface area contributed by atoms with Gasteiger partial charge in [0.1, 0.15) is 5.69 Å². The van der Waals surface area contributed by atoms with Gasteiger partial charge in [-0.25, -0.2) is 0 Å². The monoisotopic (exact) mass is 251 g/mol. The molecule has 3 aromatic rings. The third kappa shape index (κ3) is 2.12. The van der Waals surface area contributed by atoms with E-state index in [9.17, 15) is 4.79 Å². The maximum Gasteiger partial charge on any atom is 0.188 e. The highest BCUT2D eigenvalue weighted by Gasteiger charge is 2.15. The van der Waals surface area contributed by atoms with E-state index in [1.54, 1.807) is 17.1 Å². The Morgan fingerprint density at radius 1 is 1.21 bits per heavy atom. The number of aryl methyl sites for hydroxylation is 1. The molecule has 0 fully saturated rings. The lowest BCUT2D eigenvalue weighted by atomic mass is 10.1. The van der Waals surface area contributed by atoms with Gasteiger partial charge in [0.15, 0.2) is 5.78 Å². The zero-order valence-electron chi connectivity index (χ0n) is 10.6. The van der Waals surface area contributed by atoms with Crippen LogP contribution in [0.4, 0.5) is 0 Å². The molecule has 0 aliphatic carbocycles. The Morgan fingerprint density at radius 2 is 2.05 bits per heavy atom. The molecular weight excluding hydrogens is 238 g/mol. The molecule has 0 aliphatic rings. The first-order valence-electron chi connectivity index (χ1n) is 6.09. The van der Waals surface area contributed by atoms with Crippen molar-refractivity contribution in [2.24, 2.45) is 7.05 Å². The molecule has 0 aliphatic heterocycles. The summed E-state index contributed by atoms with van der Waals surface area (Å²) in [4.78, 5) is 16.4. The summed E-state index contributed by atoms with van der Waals surface area (Å²) in [7, 11) is 1.85. The van der Waals surface area contributed by atoms with E-state index in [-0.39, 0.29) is 5.78 Å². The van der Waals surface area contributed by atoms with Gasteiger partial charge in [0.2, 0.25) is 0 Å². The summed E-state index contributed by atoms with van der Waals surface area (Å²) >= 11 is 0. The lowest BCUT2D eigenvalue weighted by molar-refractivity contribution is 0.0989. The van der Waals surface area contributed by atoms with Gasteiger partial charge in [-0.1, -0.05) is 24.3 Å². The lowest BCUT2D eigenvalue weighted by Gasteiger charge is -1.98. The van der Waals surface area contributed by atoms with Gasteiger partial charge in [-0.05, 0) is 17.7 Å². The van der Waals surface area contributed by atoms with E-state index in [1.165, 1.54) is 0 Å². The van der Waals surface area contributed by atoms with E-state index in [0.717, 1.165) is 16.5 Å². The molecule has 0 unspecified atom stereocenters. The minimum atomic E-state index is 0.0183. The Labute approximate surface area is 110 Å². The van der Waals surface area contributed by atoms with Crippen LogP contribution in [0.2, 0.25) is 0 Å². The largest absolute Gasteiger partial charge is 0.292 e. The summed E-state index contributed by atoms with van der Waals surface area (Å²) in [5.41, 5.74) is 2.40. The van der Waals surface area contributed by atoms with Gasteiger partial charge in [-0.15, -0.1) is 0 Å². The van der Waals surface area contributed by atoms with E-state index in [0.29, 0.717) is 12.1 Å². The molecule has 19 heavy (non-hydrogen) atoms. The number of hydrogen-bond acceptors (Lipinski definition) is 3. The highest BCUT2D eigenvalue weighted by Crippen LogP contribution is 2.18. The van der Waals surface area contributed by atoms with E-state index < -0.39 is 0 Å². The first-order valence-corrected chi connectivity index (χ1v) is 6.09. The second kappa shape index (κ2) is 4.65. The molecular formula is C15H13N3O. The molecule has 0 amide bonds. The SMILES string of the molecule is Cn1nc(C(=O)Cc2cccnc2)c2ccccc21. The average molecular weight is 251 g/mol. The second-order valence-electron chi connectivity index (χ2n) is 4.45. The van der Waals surface area contributed by atoms with Gasteiger partial charge in [-0.2, -0.15) is 5.10 Å². The van der Waals surface area contributed by atoms with Crippen molar-refractivity contribution in [1.82, 2.24) is 14.8 Å². The van der Waals surface area contributed by atoms with Crippen molar-refractivity contribution in [3.05, 3.63) is 60.0 Å². The minimum absolute atomic E-state index is 0.0183. The number of pyridine rings is 1. The average Bonchev–Trinajstić information content (AvgIpc) is 2.78. The molecule has 0 saturated carbocycles. The molecule has 0 spiro atoms. The standard InChI is InChI=1S/C15H13N3O/c1-18-13-7-3-2-6-12(13)15(17-18)14(19)9-11-5-4-8-16-10-11/h2-8,10H,9H2,1H3. The fourth-order valence-corrected chi connectivity index (χ4v) is 2.19. The van der Waals surface area contributed by atoms with E-state index in [1.807, 2.05) is 43.4 Å². The van der Waals surface area contributed by atoms with Crippen molar-refractivity contribution >= 4 is 16.7 Å². The number of aromatic nitrogens is 3. The quantitative estimate of drug-likeness (QED) is 0.671. The van der Waals surface area contributed by atoms with Crippen molar-refractivity contribution in [2.75, 3.05) is 0 Å². The first kappa shape index (κ1) is 11.6. The number of para-hydroxylation sites is 1. The number of benzene rings is 1. The maximum absolute atomic E-state index is 12.3. The fourth-order valence-electron chi connectivity index (χ4n) is 2.19. The van der Waals surface area contributed by atoms with Crippen molar-refractivity contribution < 1.29 is 4.79 Å². The van der Waals surface area contributed by atoms with E-state index >= 15 is 0 Å². The van der Waals surface area contributed by atoms with Gasteiger partial charge in [0, 0.05) is 31.2 Å². The Morgan fingerprint density at radius 3 is 2.84 bits per heavy atom. The maximum atomic E-state index is 12.3. The second-order valence-corrected chi connectivity index (χ2v) is 4.45. The molecule has 0 N–H and O–H groups in total. The summed E-state index contributed by atoms with van der Waals surface area (Å²) in [6.07, 6.45) is 3.74. The van der Waals surface area contributed by atoms with Crippen LogP contribution in [0, 0.1) is 0 Å². The molecule has 94 valence electrons. The van der Waals surface area contributed by atoms with Crippen LogP contribution in [0.25, 0.3) is 10.9 Å². The molecule has 0 radical (unpaired) electrons. The van der Waals surface area contributed by atoms with Crippen LogP contribution in [0.5, 0.6) is 0 Å². The molecule has 0 saturated heterocycles. The van der Waals surface area contributed by atoms with Crippen LogP contribution in [0.15, 0.2) is 48.8 Å². The third-order valence-corrected chi connectivity index (χ3v) is 3.11. The van der Waals surface area contributed by atoms with Crippen LogP contribution in [0.3, 0.4) is 0 Å². The number of Topliss-reactive ketones (excluding diaryl/α,β-unsaturated/α-hetero) is 1. The number of rotatable bonds is 3. The lowest BCUT2D eigenvalue weighted by Crippen LogP contribution is -2.05. The number of hydrogen-bond donors (Lipinski definition) is 0. The summed E-state index contributed by atoms with van der Waals surface area (Å²) in [6.45, 7) is 0. The number of carbonyl (C=O) groups excluding carboxylic acids is 1. The first-order chi connectivity index (χ1) is 9.25. The third-order valence-electron chi connectivity index (χ3n) is 3.11. The van der Waals surface area contributed by atoms with Gasteiger partial charge in [-0.3, -0.25) is 14.5 Å². The van der Waals surface area contributed by atoms with E-state index in [2.05, 4.69) is 10.1 Å². The van der Waals surface area contributed by atoms with Crippen LogP contribution >= 0.6 is 0 Å². The predicted molar refractivity (Wildman–Crippen MR) is 73.0 cm³/mol. The number of ketones is 1. The smallest absolute Gasteiger partial charge is 0.188 e. The predicted octanol–water partition coefficient (Wildman–Crippen LogP) is 2.39. The Bertz CT molecular complexity index is 731. The van der Waals surface area contributed by atoms with Gasteiger partial charge in [0.05, 0.1) is 5.52 Å². The summed E-state index contributed by atoms with van der Waals surface area (Å²) in [5.74, 6) is 0.0183. The molecule has 4 heteroatoms. The molecule has 1 aromatic carbocycles. The van der Waals surface area contributed by atoms with Crippen LogP contribution in [0.1, 0.15) is 16.1 Å². The molecule has 2 aromatic heterocycles. The summed E-state index contributed by atoms with van der Waals surface area (Å²) < 4.78 is 1.74. The zero-order chi connectivity index (χ0) is 13.2. The zero-order valence-corrected chi connectivity index (χ0v) is 10.6. The Kier molecular flexibility index (Phi) is 2.83. The van der Waals surface area contributed by atoms with Crippen molar-refractivity contribution in [1.29, 1.82) is 0 Å². The van der Waals surface area contributed by atoms with Crippen LogP contribution in [-0.4, -0.2) is 20.5 Å². The topological polar surface area (TPSA) is 47.8 Å². The van der Waals surface area contributed by atoms with Crippen LogP contribution in [-0.2, 0) is 13.5 Å². The number of fused-ring (bicyclic) bond motifs is 1.